The summed E-state index contributed by atoms with van der Waals surface area (Å²) >= 11 is 0. The summed E-state index contributed by atoms with van der Waals surface area (Å²) in [5, 5.41) is 5.36. The second-order valence-corrected chi connectivity index (χ2v) is 2.85. The standard InChI is InChI=1S/C8H16N2O2/c1-5(7(3)11)10-8(12)6(2)9-4/h5-6,9H,1-4H3,(H,10,12). The lowest BCUT2D eigenvalue weighted by Crippen LogP contribution is -2.46. The van der Waals surface area contributed by atoms with Crippen LogP contribution >= 0.6 is 0 Å². The molecule has 0 saturated carbocycles. The van der Waals surface area contributed by atoms with E-state index < -0.39 is 6.04 Å². The molecule has 2 unspecified atom stereocenters. The molecule has 0 heterocycles. The van der Waals surface area contributed by atoms with Crippen molar-refractivity contribution in [2.75, 3.05) is 7.05 Å². The zero-order chi connectivity index (χ0) is 9.72. The number of hydrogen-bond acceptors (Lipinski definition) is 3. The van der Waals surface area contributed by atoms with E-state index in [-0.39, 0.29) is 17.7 Å². The van der Waals surface area contributed by atoms with Crippen LogP contribution in [-0.2, 0) is 9.59 Å². The summed E-state index contributed by atoms with van der Waals surface area (Å²) in [4.78, 5) is 21.9. The van der Waals surface area contributed by atoms with Gasteiger partial charge in [-0.05, 0) is 27.8 Å². The molecule has 0 aliphatic rings. The Morgan fingerprint density at radius 3 is 2.00 bits per heavy atom. The minimum Gasteiger partial charge on any atom is -0.345 e. The van der Waals surface area contributed by atoms with E-state index in [0.29, 0.717) is 0 Å². The number of rotatable bonds is 4. The zero-order valence-electron chi connectivity index (χ0n) is 7.97. The van der Waals surface area contributed by atoms with Crippen LogP contribution in [0.3, 0.4) is 0 Å². The van der Waals surface area contributed by atoms with Gasteiger partial charge in [0.1, 0.15) is 0 Å². The highest BCUT2D eigenvalue weighted by molar-refractivity contribution is 5.89. The molecule has 12 heavy (non-hydrogen) atoms. The Morgan fingerprint density at radius 2 is 1.67 bits per heavy atom. The van der Waals surface area contributed by atoms with Crippen LogP contribution in [0.1, 0.15) is 20.8 Å². The smallest absolute Gasteiger partial charge is 0.237 e. The third-order valence-electron chi connectivity index (χ3n) is 1.79. The van der Waals surface area contributed by atoms with Crippen molar-refractivity contribution in [1.29, 1.82) is 0 Å². The van der Waals surface area contributed by atoms with Crippen molar-refractivity contribution < 1.29 is 9.59 Å². The monoisotopic (exact) mass is 172 g/mol. The molecule has 0 aromatic rings. The van der Waals surface area contributed by atoms with E-state index in [4.69, 9.17) is 0 Å². The first-order valence-corrected chi connectivity index (χ1v) is 3.97. The maximum Gasteiger partial charge on any atom is 0.237 e. The summed E-state index contributed by atoms with van der Waals surface area (Å²) in [7, 11) is 1.70. The van der Waals surface area contributed by atoms with Crippen molar-refractivity contribution in [2.24, 2.45) is 0 Å². The summed E-state index contributed by atoms with van der Waals surface area (Å²) in [6.07, 6.45) is 0. The van der Waals surface area contributed by atoms with Crippen LogP contribution in [0.4, 0.5) is 0 Å². The van der Waals surface area contributed by atoms with Crippen LogP contribution < -0.4 is 10.6 Å². The van der Waals surface area contributed by atoms with Gasteiger partial charge in [0.25, 0.3) is 0 Å². The van der Waals surface area contributed by atoms with Gasteiger partial charge in [-0.25, -0.2) is 0 Å². The zero-order valence-corrected chi connectivity index (χ0v) is 7.97. The van der Waals surface area contributed by atoms with E-state index in [1.54, 1.807) is 20.9 Å². The number of likely N-dealkylation sites (N-methyl/N-ethyl adjacent to an activating group) is 1. The average molecular weight is 172 g/mol. The van der Waals surface area contributed by atoms with E-state index in [1.807, 2.05) is 0 Å². The molecule has 0 aliphatic heterocycles. The van der Waals surface area contributed by atoms with Crippen molar-refractivity contribution in [3.8, 4) is 0 Å². The van der Waals surface area contributed by atoms with Crippen molar-refractivity contribution in [3.63, 3.8) is 0 Å². The maximum absolute atomic E-state index is 11.2. The molecule has 0 aromatic heterocycles. The maximum atomic E-state index is 11.2. The largest absolute Gasteiger partial charge is 0.345 e. The molecule has 0 rings (SSSR count). The van der Waals surface area contributed by atoms with E-state index in [1.165, 1.54) is 6.92 Å². The third kappa shape index (κ3) is 3.48. The highest BCUT2D eigenvalue weighted by atomic mass is 16.2. The Balaban J connectivity index is 3.92. The number of Topliss-reactive ketones (excluding diaryl/α,β-unsaturated/α-hetero) is 1. The van der Waals surface area contributed by atoms with E-state index >= 15 is 0 Å². The van der Waals surface area contributed by atoms with Gasteiger partial charge in [0.15, 0.2) is 5.78 Å². The van der Waals surface area contributed by atoms with E-state index in [9.17, 15) is 9.59 Å². The number of hydrogen-bond donors (Lipinski definition) is 2. The Bertz CT molecular complexity index is 180. The minimum atomic E-state index is -0.395. The van der Waals surface area contributed by atoms with Crippen molar-refractivity contribution >= 4 is 11.7 Å². The lowest BCUT2D eigenvalue weighted by molar-refractivity contribution is -0.127. The lowest BCUT2D eigenvalue weighted by atomic mass is 10.2. The Labute approximate surface area is 72.7 Å². The fourth-order valence-electron chi connectivity index (χ4n) is 0.571. The second kappa shape index (κ2) is 4.87. The highest BCUT2D eigenvalue weighted by Gasteiger charge is 2.14. The van der Waals surface area contributed by atoms with Crippen molar-refractivity contribution in [3.05, 3.63) is 0 Å². The molecule has 0 aliphatic carbocycles. The van der Waals surface area contributed by atoms with Gasteiger partial charge < -0.3 is 10.6 Å². The molecule has 4 heteroatoms. The second-order valence-electron chi connectivity index (χ2n) is 2.85. The molecule has 0 saturated heterocycles. The molecule has 2 N–H and O–H groups in total. The van der Waals surface area contributed by atoms with E-state index in [0.717, 1.165) is 0 Å². The first-order chi connectivity index (χ1) is 5.49. The molecule has 1 amide bonds. The summed E-state index contributed by atoms with van der Waals surface area (Å²) in [6, 6.07) is -0.653. The van der Waals surface area contributed by atoms with Crippen LogP contribution in [0.25, 0.3) is 0 Å². The van der Waals surface area contributed by atoms with Gasteiger partial charge in [0.2, 0.25) is 5.91 Å². The van der Waals surface area contributed by atoms with Gasteiger partial charge in [0, 0.05) is 0 Å². The van der Waals surface area contributed by atoms with Crippen LogP contribution in [0.5, 0.6) is 0 Å². The number of nitrogens with one attached hydrogen (secondary N) is 2. The van der Waals surface area contributed by atoms with Gasteiger partial charge in [-0.3, -0.25) is 9.59 Å². The fraction of sp³-hybridized carbons (Fsp3) is 0.750. The molecular formula is C8H16N2O2. The van der Waals surface area contributed by atoms with E-state index in [2.05, 4.69) is 10.6 Å². The average Bonchev–Trinajstić information content (AvgIpc) is 2.02. The van der Waals surface area contributed by atoms with Crippen LogP contribution in [0, 0.1) is 0 Å². The first-order valence-electron chi connectivity index (χ1n) is 3.97. The molecular weight excluding hydrogens is 156 g/mol. The minimum absolute atomic E-state index is 0.0355. The van der Waals surface area contributed by atoms with Gasteiger partial charge in [-0.2, -0.15) is 0 Å². The molecule has 0 fully saturated rings. The number of amides is 1. The molecule has 0 radical (unpaired) electrons. The Morgan fingerprint density at radius 1 is 1.17 bits per heavy atom. The molecule has 0 aromatic carbocycles. The van der Waals surface area contributed by atoms with Gasteiger partial charge in [-0.15, -0.1) is 0 Å². The molecule has 2 atom stereocenters. The summed E-state index contributed by atoms with van der Waals surface area (Å²) in [5.41, 5.74) is 0. The molecule has 4 nitrogen and oxygen atoms in total. The van der Waals surface area contributed by atoms with Gasteiger partial charge in [-0.1, -0.05) is 0 Å². The molecule has 70 valence electrons. The number of carbonyl (C=O) groups excluding carboxylic acids is 2. The number of carbonyl (C=O) groups is 2. The summed E-state index contributed by atoms with van der Waals surface area (Å²) in [6.45, 7) is 4.86. The van der Waals surface area contributed by atoms with Gasteiger partial charge in [0.05, 0.1) is 12.1 Å². The highest BCUT2D eigenvalue weighted by Crippen LogP contribution is 1.86. The quantitative estimate of drug-likeness (QED) is 0.611. The normalized spacial score (nSPS) is 15.0. The topological polar surface area (TPSA) is 58.2 Å². The Kier molecular flexibility index (Phi) is 4.51. The predicted octanol–water partition coefficient (Wildman–Crippen LogP) is -0.312. The first kappa shape index (κ1) is 11.1. The van der Waals surface area contributed by atoms with Crippen molar-refractivity contribution in [1.82, 2.24) is 10.6 Å². The SMILES string of the molecule is CNC(C)C(=O)NC(C)C(C)=O. The van der Waals surface area contributed by atoms with Crippen LogP contribution in [0.2, 0.25) is 0 Å². The fourth-order valence-corrected chi connectivity index (χ4v) is 0.571. The summed E-state index contributed by atoms with van der Waals surface area (Å²) in [5.74, 6) is -0.188. The lowest BCUT2D eigenvalue weighted by Gasteiger charge is -2.14. The van der Waals surface area contributed by atoms with Gasteiger partial charge >= 0.3 is 0 Å². The van der Waals surface area contributed by atoms with Crippen LogP contribution in [-0.4, -0.2) is 30.8 Å². The number of ketones is 1. The third-order valence-corrected chi connectivity index (χ3v) is 1.79. The van der Waals surface area contributed by atoms with Crippen molar-refractivity contribution in [2.45, 2.75) is 32.9 Å². The molecule has 0 spiro atoms. The predicted molar refractivity (Wildman–Crippen MR) is 46.8 cm³/mol. The van der Waals surface area contributed by atoms with Crippen LogP contribution in [0.15, 0.2) is 0 Å². The molecule has 0 bridgehead atoms. The Hall–Kier alpha value is -0.900. The summed E-state index contributed by atoms with van der Waals surface area (Å²) < 4.78 is 0.